The molecule has 1 heterocycles. The minimum atomic E-state index is -0.474. The van der Waals surface area contributed by atoms with Crippen LogP contribution >= 0.6 is 0 Å². The standard InChI is InChI=1S/C14H28N2O2/c1-11(2)15-9-12(17)10-16-8-7-14(3,4)6-5-13(16)18/h11-12,15,17H,5-10H2,1-4H3. The number of nitrogens with zero attached hydrogens (tertiary/aromatic N) is 1. The van der Waals surface area contributed by atoms with Gasteiger partial charge in [0.2, 0.25) is 5.91 Å². The molecule has 0 bridgehead atoms. The Bertz CT molecular complexity index is 277. The van der Waals surface area contributed by atoms with E-state index in [0.29, 0.717) is 25.6 Å². The molecule has 106 valence electrons. The molecule has 4 heteroatoms. The summed E-state index contributed by atoms with van der Waals surface area (Å²) >= 11 is 0. The van der Waals surface area contributed by atoms with E-state index in [1.165, 1.54) is 0 Å². The number of carbonyl (C=O) groups excluding carboxylic acids is 1. The van der Waals surface area contributed by atoms with Crippen LogP contribution in [0.25, 0.3) is 0 Å². The lowest BCUT2D eigenvalue weighted by Gasteiger charge is -2.26. The van der Waals surface area contributed by atoms with Crippen molar-refractivity contribution in [2.45, 2.75) is 59.1 Å². The average Bonchev–Trinajstić information content (AvgIpc) is 2.39. The van der Waals surface area contributed by atoms with Crippen molar-refractivity contribution in [2.24, 2.45) is 5.41 Å². The highest BCUT2D eigenvalue weighted by molar-refractivity contribution is 5.76. The molecule has 0 radical (unpaired) electrons. The first-order valence-electron chi connectivity index (χ1n) is 6.99. The first-order chi connectivity index (χ1) is 8.30. The van der Waals surface area contributed by atoms with E-state index < -0.39 is 6.10 Å². The van der Waals surface area contributed by atoms with Crippen molar-refractivity contribution in [1.29, 1.82) is 0 Å². The summed E-state index contributed by atoms with van der Waals surface area (Å²) in [4.78, 5) is 13.8. The molecule has 0 aromatic carbocycles. The number of nitrogens with one attached hydrogen (secondary N) is 1. The Morgan fingerprint density at radius 1 is 1.39 bits per heavy atom. The SMILES string of the molecule is CC(C)NCC(O)CN1CCC(C)(C)CCC1=O. The predicted octanol–water partition coefficient (Wildman–Crippen LogP) is 1.38. The quantitative estimate of drug-likeness (QED) is 0.781. The van der Waals surface area contributed by atoms with Crippen molar-refractivity contribution in [1.82, 2.24) is 10.2 Å². The smallest absolute Gasteiger partial charge is 0.222 e. The van der Waals surface area contributed by atoms with Crippen molar-refractivity contribution >= 4 is 5.91 Å². The van der Waals surface area contributed by atoms with Gasteiger partial charge in [-0.2, -0.15) is 0 Å². The molecule has 0 aliphatic carbocycles. The van der Waals surface area contributed by atoms with Crippen LogP contribution in [0.5, 0.6) is 0 Å². The van der Waals surface area contributed by atoms with E-state index in [4.69, 9.17) is 0 Å². The van der Waals surface area contributed by atoms with Crippen LogP contribution < -0.4 is 5.32 Å². The Kier molecular flexibility index (Phi) is 5.60. The van der Waals surface area contributed by atoms with Gasteiger partial charge in [-0.3, -0.25) is 4.79 Å². The van der Waals surface area contributed by atoms with Crippen LogP contribution in [0.1, 0.15) is 47.0 Å². The number of rotatable bonds is 5. The van der Waals surface area contributed by atoms with E-state index in [0.717, 1.165) is 19.4 Å². The van der Waals surface area contributed by atoms with E-state index in [1.54, 1.807) is 0 Å². The molecule has 1 unspecified atom stereocenters. The van der Waals surface area contributed by atoms with Crippen molar-refractivity contribution in [3.63, 3.8) is 0 Å². The van der Waals surface area contributed by atoms with E-state index >= 15 is 0 Å². The number of hydrogen-bond donors (Lipinski definition) is 2. The van der Waals surface area contributed by atoms with Crippen molar-refractivity contribution in [2.75, 3.05) is 19.6 Å². The second-order valence-corrected chi connectivity index (χ2v) is 6.47. The Hall–Kier alpha value is -0.610. The Morgan fingerprint density at radius 3 is 2.67 bits per heavy atom. The summed E-state index contributed by atoms with van der Waals surface area (Å²) in [5.41, 5.74) is 0.242. The van der Waals surface area contributed by atoms with Gasteiger partial charge in [-0.1, -0.05) is 27.7 Å². The maximum absolute atomic E-state index is 12.0. The van der Waals surface area contributed by atoms with Crippen molar-refractivity contribution < 1.29 is 9.90 Å². The second kappa shape index (κ2) is 6.53. The van der Waals surface area contributed by atoms with Gasteiger partial charge in [0.1, 0.15) is 0 Å². The second-order valence-electron chi connectivity index (χ2n) is 6.47. The van der Waals surface area contributed by atoms with Gasteiger partial charge in [-0.25, -0.2) is 0 Å². The number of hydrogen-bond acceptors (Lipinski definition) is 3. The molecule has 4 nitrogen and oxygen atoms in total. The summed E-state index contributed by atoms with van der Waals surface area (Å²) in [5, 5.41) is 13.1. The zero-order valence-corrected chi connectivity index (χ0v) is 12.2. The summed E-state index contributed by atoms with van der Waals surface area (Å²) in [5.74, 6) is 0.184. The predicted molar refractivity (Wildman–Crippen MR) is 73.4 cm³/mol. The molecule has 0 saturated carbocycles. The molecular weight excluding hydrogens is 228 g/mol. The molecule has 1 rings (SSSR count). The number of likely N-dealkylation sites (tertiary alicyclic amines) is 1. The van der Waals surface area contributed by atoms with Gasteiger partial charge in [0, 0.05) is 32.1 Å². The van der Waals surface area contributed by atoms with Gasteiger partial charge >= 0.3 is 0 Å². The molecule has 1 fully saturated rings. The van der Waals surface area contributed by atoms with Crippen LogP contribution in [-0.2, 0) is 4.79 Å². The fourth-order valence-corrected chi connectivity index (χ4v) is 2.17. The number of amides is 1. The third kappa shape index (κ3) is 5.36. The topological polar surface area (TPSA) is 52.6 Å². The third-order valence-corrected chi connectivity index (χ3v) is 3.62. The van der Waals surface area contributed by atoms with Gasteiger partial charge in [0.15, 0.2) is 0 Å². The highest BCUT2D eigenvalue weighted by Gasteiger charge is 2.28. The third-order valence-electron chi connectivity index (χ3n) is 3.62. The largest absolute Gasteiger partial charge is 0.390 e. The molecule has 18 heavy (non-hydrogen) atoms. The summed E-state index contributed by atoms with van der Waals surface area (Å²) < 4.78 is 0. The first-order valence-corrected chi connectivity index (χ1v) is 6.99. The van der Waals surface area contributed by atoms with Crippen LogP contribution in [0.15, 0.2) is 0 Å². The summed E-state index contributed by atoms with van der Waals surface area (Å²) in [6, 6.07) is 0.360. The highest BCUT2D eigenvalue weighted by atomic mass is 16.3. The maximum atomic E-state index is 12.0. The number of carbonyl (C=O) groups is 1. The van der Waals surface area contributed by atoms with Gasteiger partial charge in [0.25, 0.3) is 0 Å². The lowest BCUT2D eigenvalue weighted by atomic mass is 9.85. The zero-order chi connectivity index (χ0) is 13.8. The lowest BCUT2D eigenvalue weighted by Crippen LogP contribution is -2.42. The van der Waals surface area contributed by atoms with Gasteiger partial charge in [-0.15, -0.1) is 0 Å². The van der Waals surface area contributed by atoms with E-state index in [1.807, 2.05) is 18.7 Å². The van der Waals surface area contributed by atoms with Crippen LogP contribution in [0.2, 0.25) is 0 Å². The van der Waals surface area contributed by atoms with Crippen LogP contribution in [0.3, 0.4) is 0 Å². The van der Waals surface area contributed by atoms with Crippen molar-refractivity contribution in [3.05, 3.63) is 0 Å². The first kappa shape index (κ1) is 15.4. The minimum absolute atomic E-state index is 0.184. The minimum Gasteiger partial charge on any atom is -0.390 e. The van der Waals surface area contributed by atoms with E-state index in [2.05, 4.69) is 19.2 Å². The van der Waals surface area contributed by atoms with E-state index in [9.17, 15) is 9.90 Å². The summed E-state index contributed by atoms with van der Waals surface area (Å²) in [6.45, 7) is 10.3. The van der Waals surface area contributed by atoms with Crippen LogP contribution in [-0.4, -0.2) is 47.7 Å². The van der Waals surface area contributed by atoms with Crippen molar-refractivity contribution in [3.8, 4) is 0 Å². The Labute approximate surface area is 111 Å². The highest BCUT2D eigenvalue weighted by Crippen LogP contribution is 2.30. The molecule has 0 aromatic rings. The monoisotopic (exact) mass is 256 g/mol. The molecule has 0 spiro atoms. The van der Waals surface area contributed by atoms with Gasteiger partial charge in [-0.05, 0) is 18.3 Å². The molecule has 1 atom stereocenters. The fraction of sp³-hybridized carbons (Fsp3) is 0.929. The average molecular weight is 256 g/mol. The van der Waals surface area contributed by atoms with Gasteiger partial charge < -0.3 is 15.3 Å². The fourth-order valence-electron chi connectivity index (χ4n) is 2.17. The summed E-state index contributed by atoms with van der Waals surface area (Å²) in [7, 11) is 0. The normalized spacial score (nSPS) is 22.1. The Balaban J connectivity index is 2.42. The molecule has 1 aliphatic rings. The Morgan fingerprint density at radius 2 is 2.06 bits per heavy atom. The lowest BCUT2D eigenvalue weighted by molar-refractivity contribution is -0.132. The molecular formula is C14H28N2O2. The maximum Gasteiger partial charge on any atom is 0.222 e. The van der Waals surface area contributed by atoms with Gasteiger partial charge in [0.05, 0.1) is 6.10 Å². The van der Waals surface area contributed by atoms with Crippen LogP contribution in [0.4, 0.5) is 0 Å². The van der Waals surface area contributed by atoms with Crippen LogP contribution in [0, 0.1) is 5.41 Å². The van der Waals surface area contributed by atoms with E-state index in [-0.39, 0.29) is 11.3 Å². The molecule has 1 aliphatic heterocycles. The molecule has 1 saturated heterocycles. The number of aliphatic hydroxyl groups is 1. The zero-order valence-electron chi connectivity index (χ0n) is 12.2. The number of β-amino-alcohol motifs (C(OH)–C–C–N with tert-alkyl or cyclic N) is 1. The molecule has 1 amide bonds. The summed E-state index contributed by atoms with van der Waals surface area (Å²) in [6.07, 6.45) is 2.10. The molecule has 2 N–H and O–H groups in total. The molecule has 0 aromatic heterocycles. The number of aliphatic hydroxyl groups excluding tert-OH is 1.